The quantitative estimate of drug-likeness (QED) is 0.782. The topological polar surface area (TPSA) is 34.9 Å². The van der Waals surface area contributed by atoms with Crippen LogP contribution in [0.25, 0.3) is 0 Å². The van der Waals surface area contributed by atoms with E-state index in [9.17, 15) is 4.79 Å². The lowest BCUT2D eigenvalue weighted by molar-refractivity contribution is 0.657. The molecule has 0 spiro atoms. The van der Waals surface area contributed by atoms with Crippen LogP contribution < -0.4 is 5.56 Å². The lowest BCUT2D eigenvalue weighted by Crippen LogP contribution is -2.26. The van der Waals surface area contributed by atoms with Crippen LogP contribution in [0.2, 0.25) is 5.02 Å². The van der Waals surface area contributed by atoms with Gasteiger partial charge in [0.2, 0.25) is 0 Å². The van der Waals surface area contributed by atoms with Crippen molar-refractivity contribution in [3.63, 3.8) is 0 Å². The summed E-state index contributed by atoms with van der Waals surface area (Å²) < 4.78 is 1.65. The van der Waals surface area contributed by atoms with E-state index in [4.69, 9.17) is 11.6 Å². The van der Waals surface area contributed by atoms with Crippen LogP contribution in [0.4, 0.5) is 0 Å². The van der Waals surface area contributed by atoms with E-state index in [1.165, 1.54) is 6.20 Å². The summed E-state index contributed by atoms with van der Waals surface area (Å²) in [5.74, 6) is 0.776. The molecule has 19 heavy (non-hydrogen) atoms. The Morgan fingerprint density at radius 3 is 2.68 bits per heavy atom. The predicted octanol–water partition coefficient (Wildman–Crippen LogP) is 3.27. The largest absolute Gasteiger partial charge is 0.291 e. The van der Waals surface area contributed by atoms with Gasteiger partial charge in [0.05, 0.1) is 12.7 Å². The van der Waals surface area contributed by atoms with Gasteiger partial charge < -0.3 is 0 Å². The molecular formula is C14H14BrClN2O. The second kappa shape index (κ2) is 6.87. The summed E-state index contributed by atoms with van der Waals surface area (Å²) in [4.78, 5) is 16.4. The summed E-state index contributed by atoms with van der Waals surface area (Å²) in [6.45, 7) is 0.505. The van der Waals surface area contributed by atoms with Crippen LogP contribution in [0, 0.1) is 0 Å². The smallest absolute Gasteiger partial charge is 0.272 e. The number of halogens is 2. The standard InChI is InChI=1S/C14H14BrClN2O/c15-8-4-7-13-17-9-12(16)14(19)18(13)10-11-5-2-1-3-6-11/h1-3,5-6,9H,4,7-8,10H2. The zero-order valence-corrected chi connectivity index (χ0v) is 12.7. The van der Waals surface area contributed by atoms with Gasteiger partial charge in [-0.15, -0.1) is 0 Å². The normalized spacial score (nSPS) is 10.6. The van der Waals surface area contributed by atoms with E-state index in [0.717, 1.165) is 29.6 Å². The average molecular weight is 342 g/mol. The molecule has 3 nitrogen and oxygen atoms in total. The SMILES string of the molecule is O=c1c(Cl)cnc(CCCBr)n1Cc1ccccc1. The second-order valence-corrected chi connectivity index (χ2v) is 5.39. The van der Waals surface area contributed by atoms with E-state index in [-0.39, 0.29) is 10.6 Å². The first kappa shape index (κ1) is 14.3. The van der Waals surface area contributed by atoms with Crippen molar-refractivity contribution in [2.75, 3.05) is 5.33 Å². The fourth-order valence-corrected chi connectivity index (χ4v) is 2.29. The van der Waals surface area contributed by atoms with Gasteiger partial charge in [-0.3, -0.25) is 9.36 Å². The van der Waals surface area contributed by atoms with Gasteiger partial charge in [0.15, 0.2) is 0 Å². The molecule has 0 aliphatic rings. The third kappa shape index (κ3) is 3.67. The van der Waals surface area contributed by atoms with Gasteiger partial charge in [0.1, 0.15) is 10.8 Å². The number of benzene rings is 1. The van der Waals surface area contributed by atoms with Crippen LogP contribution in [0.15, 0.2) is 41.3 Å². The molecule has 2 aromatic rings. The Balaban J connectivity index is 2.36. The molecule has 0 radical (unpaired) electrons. The van der Waals surface area contributed by atoms with Gasteiger partial charge in [-0.05, 0) is 12.0 Å². The summed E-state index contributed by atoms with van der Waals surface area (Å²) >= 11 is 9.27. The third-order valence-electron chi connectivity index (χ3n) is 2.81. The van der Waals surface area contributed by atoms with Gasteiger partial charge in [-0.2, -0.15) is 0 Å². The Bertz CT molecular complexity index is 598. The van der Waals surface area contributed by atoms with Crippen molar-refractivity contribution < 1.29 is 0 Å². The zero-order chi connectivity index (χ0) is 13.7. The number of hydrogen-bond acceptors (Lipinski definition) is 2. The summed E-state index contributed by atoms with van der Waals surface area (Å²) in [6.07, 6.45) is 3.13. The maximum absolute atomic E-state index is 12.1. The predicted molar refractivity (Wildman–Crippen MR) is 81.2 cm³/mol. The van der Waals surface area contributed by atoms with Crippen molar-refractivity contribution in [3.8, 4) is 0 Å². The van der Waals surface area contributed by atoms with Gasteiger partial charge in [-0.1, -0.05) is 57.9 Å². The van der Waals surface area contributed by atoms with Crippen LogP contribution in [-0.4, -0.2) is 14.9 Å². The molecule has 1 heterocycles. The molecule has 0 aliphatic heterocycles. The average Bonchev–Trinajstić information content (AvgIpc) is 2.44. The molecule has 0 amide bonds. The van der Waals surface area contributed by atoms with E-state index in [0.29, 0.717) is 6.54 Å². The number of alkyl halides is 1. The summed E-state index contributed by atoms with van der Waals surface area (Å²) in [5.41, 5.74) is 0.888. The monoisotopic (exact) mass is 340 g/mol. The molecule has 0 fully saturated rings. The Hall–Kier alpha value is -1.13. The fourth-order valence-electron chi connectivity index (χ4n) is 1.86. The van der Waals surface area contributed by atoms with E-state index in [1.807, 2.05) is 30.3 Å². The molecule has 0 N–H and O–H groups in total. The van der Waals surface area contributed by atoms with Gasteiger partial charge >= 0.3 is 0 Å². The molecular weight excluding hydrogens is 328 g/mol. The highest BCUT2D eigenvalue weighted by Crippen LogP contribution is 2.08. The van der Waals surface area contributed by atoms with E-state index in [1.54, 1.807) is 4.57 Å². The van der Waals surface area contributed by atoms with Crippen molar-refractivity contribution in [1.82, 2.24) is 9.55 Å². The molecule has 1 aromatic heterocycles. The molecule has 2 rings (SSSR count). The molecule has 0 saturated carbocycles. The Kier molecular flexibility index (Phi) is 5.16. The summed E-state index contributed by atoms with van der Waals surface area (Å²) in [7, 11) is 0. The number of nitrogens with zero attached hydrogens (tertiary/aromatic N) is 2. The van der Waals surface area contributed by atoms with Crippen LogP contribution in [0.3, 0.4) is 0 Å². The first-order chi connectivity index (χ1) is 9.22. The van der Waals surface area contributed by atoms with Crippen molar-refractivity contribution in [2.45, 2.75) is 19.4 Å². The first-order valence-corrected chi connectivity index (χ1v) is 7.56. The molecule has 0 bridgehead atoms. The number of rotatable bonds is 5. The number of aromatic nitrogens is 2. The van der Waals surface area contributed by atoms with Crippen molar-refractivity contribution in [3.05, 3.63) is 63.3 Å². The van der Waals surface area contributed by atoms with Crippen molar-refractivity contribution in [2.24, 2.45) is 0 Å². The van der Waals surface area contributed by atoms with Gasteiger partial charge in [0, 0.05) is 11.8 Å². The van der Waals surface area contributed by atoms with E-state index in [2.05, 4.69) is 20.9 Å². The van der Waals surface area contributed by atoms with Gasteiger partial charge in [0.25, 0.3) is 5.56 Å². The highest BCUT2D eigenvalue weighted by Gasteiger charge is 2.09. The zero-order valence-electron chi connectivity index (χ0n) is 10.4. The summed E-state index contributed by atoms with van der Waals surface area (Å²) in [6, 6.07) is 9.84. The maximum Gasteiger partial charge on any atom is 0.272 e. The molecule has 0 saturated heterocycles. The number of hydrogen-bond donors (Lipinski definition) is 0. The molecule has 1 aromatic carbocycles. The van der Waals surface area contributed by atoms with Crippen molar-refractivity contribution in [1.29, 1.82) is 0 Å². The van der Waals surface area contributed by atoms with E-state index >= 15 is 0 Å². The molecule has 5 heteroatoms. The lowest BCUT2D eigenvalue weighted by Gasteiger charge is -2.12. The highest BCUT2D eigenvalue weighted by atomic mass is 79.9. The Labute approximate surface area is 125 Å². The third-order valence-corrected chi connectivity index (χ3v) is 3.63. The van der Waals surface area contributed by atoms with Crippen LogP contribution in [0.5, 0.6) is 0 Å². The minimum atomic E-state index is -0.176. The fraction of sp³-hybridized carbons (Fsp3) is 0.286. The Morgan fingerprint density at radius 1 is 1.26 bits per heavy atom. The van der Waals surface area contributed by atoms with E-state index < -0.39 is 0 Å². The molecule has 100 valence electrons. The van der Waals surface area contributed by atoms with Crippen LogP contribution >= 0.6 is 27.5 Å². The van der Waals surface area contributed by atoms with Gasteiger partial charge in [-0.25, -0.2) is 4.98 Å². The number of aryl methyl sites for hydroxylation is 1. The van der Waals surface area contributed by atoms with Crippen LogP contribution in [-0.2, 0) is 13.0 Å². The van der Waals surface area contributed by atoms with Crippen LogP contribution in [0.1, 0.15) is 17.8 Å². The maximum atomic E-state index is 12.1. The summed E-state index contributed by atoms with van der Waals surface area (Å²) in [5, 5.41) is 1.05. The minimum absolute atomic E-state index is 0.165. The minimum Gasteiger partial charge on any atom is -0.291 e. The second-order valence-electron chi connectivity index (χ2n) is 4.19. The molecule has 0 atom stereocenters. The first-order valence-electron chi connectivity index (χ1n) is 6.06. The highest BCUT2D eigenvalue weighted by molar-refractivity contribution is 9.09. The lowest BCUT2D eigenvalue weighted by atomic mass is 10.2. The Morgan fingerprint density at radius 2 is 2.00 bits per heavy atom. The molecule has 0 aliphatic carbocycles. The molecule has 0 unspecified atom stereocenters. The van der Waals surface area contributed by atoms with Crippen molar-refractivity contribution >= 4 is 27.5 Å².